The Labute approximate surface area is 199 Å². The van der Waals surface area contributed by atoms with E-state index in [2.05, 4.69) is 74.9 Å². The monoisotopic (exact) mass is 439 g/mol. The van der Waals surface area contributed by atoms with Crippen molar-refractivity contribution in [3.63, 3.8) is 0 Å². The minimum Gasteiger partial charge on any atom is -0.304 e. The van der Waals surface area contributed by atoms with Crippen molar-refractivity contribution in [3.05, 3.63) is 39.5 Å². The predicted octanol–water partition coefficient (Wildman–Crippen LogP) is 7.52. The average Bonchev–Trinajstić information content (AvgIpc) is 2.90. The number of piperidine rings is 3. The van der Waals surface area contributed by atoms with Crippen LogP contribution in [0.15, 0.2) is 39.5 Å². The largest absolute Gasteiger partial charge is 0.304 e. The molecule has 0 unspecified atom stereocenters. The number of nitrogens with zero attached hydrogens (tertiary/aromatic N) is 3. The van der Waals surface area contributed by atoms with Crippen molar-refractivity contribution in [2.24, 2.45) is 0 Å². The minimum atomic E-state index is 0. The molecule has 0 aromatic heterocycles. The summed E-state index contributed by atoms with van der Waals surface area (Å²) < 4.78 is 0. The van der Waals surface area contributed by atoms with Gasteiger partial charge in [-0.2, -0.15) is 0 Å². The van der Waals surface area contributed by atoms with Gasteiger partial charge in [-0.05, 0) is 97.4 Å². The van der Waals surface area contributed by atoms with E-state index in [0.717, 1.165) is 0 Å². The molecular weight excluding hydrogens is 378 g/mol. The summed E-state index contributed by atoms with van der Waals surface area (Å²) in [6.45, 7) is 36.5. The third kappa shape index (κ3) is 25.2. The van der Waals surface area contributed by atoms with E-state index in [9.17, 15) is 0 Å². The van der Waals surface area contributed by atoms with Gasteiger partial charge in [-0.15, -0.1) is 39.5 Å². The number of hydrogen-bond donors (Lipinski definition) is 0. The van der Waals surface area contributed by atoms with Gasteiger partial charge in [0.2, 0.25) is 0 Å². The molecule has 3 saturated heterocycles. The summed E-state index contributed by atoms with van der Waals surface area (Å²) in [6, 6.07) is 0. The molecule has 0 aromatic carbocycles. The van der Waals surface area contributed by atoms with Crippen LogP contribution < -0.4 is 0 Å². The summed E-state index contributed by atoms with van der Waals surface area (Å²) in [4.78, 5) is 7.55. The first-order valence-electron chi connectivity index (χ1n) is 12.5. The molecule has 3 nitrogen and oxygen atoms in total. The summed E-state index contributed by atoms with van der Waals surface area (Å²) in [7, 11) is 0. The lowest BCUT2D eigenvalue weighted by Gasteiger charge is -2.24. The Hall–Kier alpha value is -0.900. The highest BCUT2D eigenvalue weighted by molar-refractivity contribution is 4.62. The molecule has 3 aliphatic rings. The second-order valence-corrected chi connectivity index (χ2v) is 7.48. The molecule has 0 amide bonds. The maximum atomic E-state index is 3.00. The van der Waals surface area contributed by atoms with Crippen molar-refractivity contribution in [1.29, 1.82) is 0 Å². The first-order valence-corrected chi connectivity index (χ1v) is 12.5. The summed E-state index contributed by atoms with van der Waals surface area (Å²) in [5, 5.41) is 0. The lowest BCUT2D eigenvalue weighted by atomic mass is 10.1. The normalized spacial score (nSPS) is 18.7. The van der Waals surface area contributed by atoms with E-state index in [0.29, 0.717) is 0 Å². The zero-order valence-corrected chi connectivity index (χ0v) is 21.3. The molecule has 0 aromatic rings. The fraction of sp³-hybridized carbons (Fsp3) is 0.786. The van der Waals surface area contributed by atoms with Gasteiger partial charge in [0.15, 0.2) is 0 Å². The van der Waals surface area contributed by atoms with Crippen molar-refractivity contribution < 1.29 is 0 Å². The first-order chi connectivity index (χ1) is 14.8. The second kappa shape index (κ2) is 33.7. The van der Waals surface area contributed by atoms with Crippen LogP contribution in [0.1, 0.15) is 86.0 Å². The van der Waals surface area contributed by atoms with Crippen molar-refractivity contribution in [2.45, 2.75) is 86.0 Å². The molecule has 188 valence electrons. The van der Waals surface area contributed by atoms with Crippen LogP contribution in [0.25, 0.3) is 0 Å². The molecule has 0 atom stereocenters. The molecule has 0 radical (unpaired) electrons. The van der Waals surface area contributed by atoms with Gasteiger partial charge in [-0.3, -0.25) is 0 Å². The van der Waals surface area contributed by atoms with Gasteiger partial charge in [-0.25, -0.2) is 0 Å². The summed E-state index contributed by atoms with van der Waals surface area (Å²) in [6.07, 6.45) is 12.9. The molecule has 0 bridgehead atoms. The second-order valence-electron chi connectivity index (χ2n) is 7.48. The van der Waals surface area contributed by atoms with Crippen LogP contribution >= 0.6 is 0 Å². The number of likely N-dealkylation sites (tertiary alicyclic amines) is 3. The average molecular weight is 440 g/mol. The third-order valence-electron chi connectivity index (χ3n) is 5.69. The Bertz CT molecular complexity index is 243. The third-order valence-corrected chi connectivity index (χ3v) is 5.69. The quantitative estimate of drug-likeness (QED) is 0.421. The molecular formula is C28H61N3. The molecule has 3 heterocycles. The van der Waals surface area contributed by atoms with Gasteiger partial charge in [0.05, 0.1) is 0 Å². The summed E-state index contributed by atoms with van der Waals surface area (Å²) in [5.74, 6) is 0. The lowest BCUT2D eigenvalue weighted by molar-refractivity contribution is 0.240. The highest BCUT2D eigenvalue weighted by Gasteiger charge is 2.07. The van der Waals surface area contributed by atoms with Crippen LogP contribution in [-0.4, -0.2) is 73.6 Å². The maximum Gasteiger partial charge on any atom is -0.00188 e. The van der Waals surface area contributed by atoms with Crippen LogP contribution in [0.5, 0.6) is 0 Å². The van der Waals surface area contributed by atoms with Crippen molar-refractivity contribution in [1.82, 2.24) is 14.7 Å². The zero-order valence-electron chi connectivity index (χ0n) is 21.3. The highest BCUT2D eigenvalue weighted by atomic mass is 15.1. The molecule has 0 saturated carbocycles. The fourth-order valence-corrected chi connectivity index (χ4v) is 3.83. The molecule has 3 rings (SSSR count). The van der Waals surface area contributed by atoms with E-state index >= 15 is 0 Å². The molecule has 0 spiro atoms. The van der Waals surface area contributed by atoms with E-state index in [1.807, 2.05) is 0 Å². The van der Waals surface area contributed by atoms with E-state index < -0.39 is 0 Å². The highest BCUT2D eigenvalue weighted by Crippen LogP contribution is 2.08. The van der Waals surface area contributed by atoms with Gasteiger partial charge < -0.3 is 14.7 Å². The number of rotatable bonds is 3. The topological polar surface area (TPSA) is 9.72 Å². The lowest BCUT2D eigenvalue weighted by Crippen LogP contribution is -2.29. The minimum absolute atomic E-state index is 0. The van der Waals surface area contributed by atoms with Crippen LogP contribution in [-0.2, 0) is 0 Å². The standard InChI is InChI=1S/3C7H15N.3C2H4.CH4/c3*1-2-8-6-4-3-5-7-8;3*1-2;/h3*2-7H2,1H3;3*1-2H2;1H4. The van der Waals surface area contributed by atoms with E-state index in [1.165, 1.54) is 117 Å². The zero-order chi connectivity index (χ0) is 23.5. The molecule has 3 aliphatic heterocycles. The summed E-state index contributed by atoms with van der Waals surface area (Å²) >= 11 is 0. The van der Waals surface area contributed by atoms with Crippen molar-refractivity contribution >= 4 is 0 Å². The Morgan fingerprint density at radius 2 is 0.548 bits per heavy atom. The van der Waals surface area contributed by atoms with Gasteiger partial charge in [0, 0.05) is 0 Å². The molecule has 0 aliphatic carbocycles. The molecule has 3 fully saturated rings. The molecule has 3 heteroatoms. The first kappa shape index (κ1) is 37.4. The predicted molar refractivity (Wildman–Crippen MR) is 148 cm³/mol. The maximum absolute atomic E-state index is 3.00. The van der Waals surface area contributed by atoms with E-state index in [-0.39, 0.29) is 7.43 Å². The smallest absolute Gasteiger partial charge is 0.00188 e. The SMILES string of the molecule is C.C=C.C=C.C=C.CCN1CCCCC1.CCN1CCCCC1.CCN1CCCCC1. The summed E-state index contributed by atoms with van der Waals surface area (Å²) in [5.41, 5.74) is 0. The van der Waals surface area contributed by atoms with E-state index in [4.69, 9.17) is 0 Å². The van der Waals surface area contributed by atoms with Crippen molar-refractivity contribution in [2.75, 3.05) is 58.9 Å². The van der Waals surface area contributed by atoms with Crippen LogP contribution in [0.4, 0.5) is 0 Å². The van der Waals surface area contributed by atoms with Gasteiger partial charge in [-0.1, -0.05) is 47.5 Å². The Kier molecular flexibility index (Phi) is 40.7. The van der Waals surface area contributed by atoms with E-state index in [1.54, 1.807) is 0 Å². The Balaban J connectivity index is -0.000000155. The number of hydrogen-bond acceptors (Lipinski definition) is 3. The Morgan fingerprint density at radius 3 is 0.645 bits per heavy atom. The Morgan fingerprint density at radius 1 is 0.387 bits per heavy atom. The molecule has 31 heavy (non-hydrogen) atoms. The van der Waals surface area contributed by atoms with Crippen molar-refractivity contribution in [3.8, 4) is 0 Å². The fourth-order valence-electron chi connectivity index (χ4n) is 3.83. The van der Waals surface area contributed by atoms with Gasteiger partial charge >= 0.3 is 0 Å². The van der Waals surface area contributed by atoms with Gasteiger partial charge in [0.1, 0.15) is 0 Å². The van der Waals surface area contributed by atoms with Crippen LogP contribution in [0.3, 0.4) is 0 Å². The molecule has 0 N–H and O–H groups in total. The van der Waals surface area contributed by atoms with Crippen LogP contribution in [0.2, 0.25) is 0 Å². The van der Waals surface area contributed by atoms with Crippen LogP contribution in [0, 0.1) is 0 Å². The van der Waals surface area contributed by atoms with Gasteiger partial charge in [0.25, 0.3) is 0 Å².